The molecule has 0 atom stereocenters. The molecule has 1 aromatic carbocycles. The molecule has 0 radical (unpaired) electrons. The molecule has 0 aliphatic heterocycles. The highest BCUT2D eigenvalue weighted by Crippen LogP contribution is 2.15. The van der Waals surface area contributed by atoms with Gasteiger partial charge in [0.05, 0.1) is 5.56 Å². The second-order valence-corrected chi connectivity index (χ2v) is 3.07. The number of hydrogen-bond acceptors (Lipinski definition) is 3. The summed E-state index contributed by atoms with van der Waals surface area (Å²) in [6.07, 6.45) is -4.57. The molecule has 17 heavy (non-hydrogen) atoms. The van der Waals surface area contributed by atoms with E-state index in [4.69, 9.17) is 5.73 Å². The SMILES string of the molecule is Nc1ccc(F)cc1C(=O)NOCC(F)(F)F. The number of hydroxylamine groups is 1. The van der Waals surface area contributed by atoms with E-state index in [1.54, 1.807) is 0 Å². The smallest absolute Gasteiger partial charge is 0.398 e. The van der Waals surface area contributed by atoms with Gasteiger partial charge >= 0.3 is 6.18 Å². The first-order chi connectivity index (χ1) is 7.79. The molecule has 94 valence electrons. The van der Waals surface area contributed by atoms with Gasteiger partial charge in [0.2, 0.25) is 0 Å². The van der Waals surface area contributed by atoms with Gasteiger partial charge in [-0.2, -0.15) is 13.2 Å². The monoisotopic (exact) mass is 252 g/mol. The van der Waals surface area contributed by atoms with Crippen LogP contribution in [0.4, 0.5) is 23.2 Å². The Bertz CT molecular complexity index is 420. The molecular formula is C9H8F4N2O2. The fraction of sp³-hybridized carbons (Fsp3) is 0.222. The van der Waals surface area contributed by atoms with Crippen LogP contribution in [0.5, 0.6) is 0 Å². The molecule has 0 bridgehead atoms. The van der Waals surface area contributed by atoms with Crippen LogP contribution in [-0.4, -0.2) is 18.7 Å². The molecule has 0 unspecified atom stereocenters. The molecule has 4 nitrogen and oxygen atoms in total. The number of nitrogen functional groups attached to an aromatic ring is 1. The first-order valence-corrected chi connectivity index (χ1v) is 4.33. The zero-order valence-electron chi connectivity index (χ0n) is 8.34. The van der Waals surface area contributed by atoms with Crippen molar-refractivity contribution in [3.05, 3.63) is 29.6 Å². The first kappa shape index (κ1) is 13.2. The summed E-state index contributed by atoms with van der Waals surface area (Å²) in [5.41, 5.74) is 6.49. The molecular weight excluding hydrogens is 244 g/mol. The lowest BCUT2D eigenvalue weighted by molar-refractivity contribution is -0.184. The predicted molar refractivity (Wildman–Crippen MR) is 50.3 cm³/mol. The van der Waals surface area contributed by atoms with Crippen molar-refractivity contribution in [1.82, 2.24) is 5.48 Å². The van der Waals surface area contributed by atoms with Crippen LogP contribution in [0.2, 0.25) is 0 Å². The normalized spacial score (nSPS) is 11.3. The second-order valence-electron chi connectivity index (χ2n) is 3.07. The van der Waals surface area contributed by atoms with Gasteiger partial charge in [-0.1, -0.05) is 0 Å². The third-order valence-electron chi connectivity index (χ3n) is 1.66. The van der Waals surface area contributed by atoms with E-state index in [1.807, 2.05) is 0 Å². The highest BCUT2D eigenvalue weighted by Gasteiger charge is 2.28. The van der Waals surface area contributed by atoms with Crippen molar-refractivity contribution in [2.24, 2.45) is 0 Å². The van der Waals surface area contributed by atoms with Gasteiger partial charge in [-0.25, -0.2) is 9.87 Å². The Morgan fingerprint density at radius 1 is 1.41 bits per heavy atom. The van der Waals surface area contributed by atoms with Gasteiger partial charge in [0.1, 0.15) is 5.82 Å². The molecule has 0 aliphatic carbocycles. The Kier molecular flexibility index (Phi) is 3.89. The number of hydrogen-bond donors (Lipinski definition) is 2. The minimum Gasteiger partial charge on any atom is -0.398 e. The predicted octanol–water partition coefficient (Wildman–Crippen LogP) is 1.63. The summed E-state index contributed by atoms with van der Waals surface area (Å²) >= 11 is 0. The quantitative estimate of drug-likeness (QED) is 0.488. The molecule has 1 aromatic rings. The van der Waals surface area contributed by atoms with Crippen molar-refractivity contribution >= 4 is 11.6 Å². The van der Waals surface area contributed by atoms with Crippen LogP contribution >= 0.6 is 0 Å². The van der Waals surface area contributed by atoms with Gasteiger partial charge in [0, 0.05) is 5.69 Å². The van der Waals surface area contributed by atoms with Crippen LogP contribution in [0.1, 0.15) is 10.4 Å². The summed E-state index contributed by atoms with van der Waals surface area (Å²) in [5, 5.41) is 0. The molecule has 3 N–H and O–H groups in total. The topological polar surface area (TPSA) is 64.4 Å². The lowest BCUT2D eigenvalue weighted by Gasteiger charge is -2.09. The molecule has 0 aliphatic rings. The van der Waals surface area contributed by atoms with E-state index in [-0.39, 0.29) is 11.3 Å². The minimum absolute atomic E-state index is 0.0699. The van der Waals surface area contributed by atoms with E-state index < -0.39 is 24.5 Å². The average molecular weight is 252 g/mol. The van der Waals surface area contributed by atoms with Gasteiger partial charge in [-0.3, -0.25) is 9.63 Å². The number of benzene rings is 1. The van der Waals surface area contributed by atoms with Crippen molar-refractivity contribution in [2.45, 2.75) is 6.18 Å². The van der Waals surface area contributed by atoms with Gasteiger partial charge in [-0.05, 0) is 18.2 Å². The molecule has 1 amide bonds. The Hall–Kier alpha value is -1.83. The minimum atomic E-state index is -4.57. The molecule has 8 heteroatoms. The van der Waals surface area contributed by atoms with Crippen LogP contribution in [0.3, 0.4) is 0 Å². The van der Waals surface area contributed by atoms with Crippen molar-refractivity contribution in [1.29, 1.82) is 0 Å². The standard InChI is InChI=1S/C9H8F4N2O2/c10-5-1-2-7(14)6(3-5)8(16)15-17-4-9(11,12)13/h1-3H,4,14H2,(H,15,16). The second kappa shape index (κ2) is 5.00. The Morgan fingerprint density at radius 3 is 2.65 bits per heavy atom. The zero-order valence-corrected chi connectivity index (χ0v) is 8.34. The van der Waals surface area contributed by atoms with E-state index in [1.165, 1.54) is 5.48 Å². The molecule has 0 aromatic heterocycles. The van der Waals surface area contributed by atoms with Crippen molar-refractivity contribution in [3.8, 4) is 0 Å². The van der Waals surface area contributed by atoms with E-state index >= 15 is 0 Å². The molecule has 0 spiro atoms. The number of carbonyl (C=O) groups is 1. The molecule has 0 fully saturated rings. The van der Waals surface area contributed by atoms with Crippen LogP contribution in [0.15, 0.2) is 18.2 Å². The number of amides is 1. The molecule has 0 saturated heterocycles. The van der Waals surface area contributed by atoms with E-state index in [2.05, 4.69) is 4.84 Å². The van der Waals surface area contributed by atoms with Crippen LogP contribution < -0.4 is 11.2 Å². The number of alkyl halides is 3. The number of nitrogens with one attached hydrogen (secondary N) is 1. The lowest BCUT2D eigenvalue weighted by atomic mass is 10.1. The van der Waals surface area contributed by atoms with Gasteiger partial charge in [-0.15, -0.1) is 0 Å². The third kappa shape index (κ3) is 4.27. The summed E-state index contributed by atoms with van der Waals surface area (Å²) in [4.78, 5) is 15.2. The van der Waals surface area contributed by atoms with Crippen LogP contribution in [0.25, 0.3) is 0 Å². The fourth-order valence-electron chi connectivity index (χ4n) is 0.964. The highest BCUT2D eigenvalue weighted by atomic mass is 19.4. The van der Waals surface area contributed by atoms with Gasteiger partial charge in [0.15, 0.2) is 6.61 Å². The highest BCUT2D eigenvalue weighted by molar-refractivity contribution is 5.98. The third-order valence-corrected chi connectivity index (χ3v) is 1.66. The maximum atomic E-state index is 12.8. The Labute approximate surface area is 93.3 Å². The first-order valence-electron chi connectivity index (χ1n) is 4.33. The number of halogens is 4. The van der Waals surface area contributed by atoms with Crippen LogP contribution in [-0.2, 0) is 4.84 Å². The van der Waals surface area contributed by atoms with Crippen molar-refractivity contribution in [2.75, 3.05) is 12.3 Å². The maximum absolute atomic E-state index is 12.8. The summed E-state index contributed by atoms with van der Waals surface area (Å²) in [7, 11) is 0. The summed E-state index contributed by atoms with van der Waals surface area (Å²) in [6, 6.07) is 2.93. The van der Waals surface area contributed by atoms with E-state index in [9.17, 15) is 22.4 Å². The fourth-order valence-corrected chi connectivity index (χ4v) is 0.964. The lowest BCUT2D eigenvalue weighted by Crippen LogP contribution is -2.30. The van der Waals surface area contributed by atoms with Gasteiger partial charge < -0.3 is 5.73 Å². The number of anilines is 1. The molecule has 1 rings (SSSR count). The molecule has 0 heterocycles. The largest absolute Gasteiger partial charge is 0.414 e. The Morgan fingerprint density at radius 2 is 2.06 bits per heavy atom. The number of nitrogens with two attached hydrogens (primary N) is 1. The van der Waals surface area contributed by atoms with Gasteiger partial charge in [0.25, 0.3) is 5.91 Å². The summed E-state index contributed by atoms with van der Waals surface area (Å²) < 4.78 is 47.8. The summed E-state index contributed by atoms with van der Waals surface area (Å²) in [6.45, 7) is -1.64. The van der Waals surface area contributed by atoms with E-state index in [0.717, 1.165) is 18.2 Å². The van der Waals surface area contributed by atoms with E-state index in [0.29, 0.717) is 0 Å². The van der Waals surface area contributed by atoms with Crippen molar-refractivity contribution in [3.63, 3.8) is 0 Å². The van der Waals surface area contributed by atoms with Crippen molar-refractivity contribution < 1.29 is 27.2 Å². The maximum Gasteiger partial charge on any atom is 0.414 e. The van der Waals surface area contributed by atoms with Crippen LogP contribution in [0, 0.1) is 5.82 Å². The average Bonchev–Trinajstić information content (AvgIpc) is 2.19. The zero-order chi connectivity index (χ0) is 13.1. The summed E-state index contributed by atoms with van der Waals surface area (Å²) in [5.74, 6) is -1.79. The number of carbonyl (C=O) groups excluding carboxylic acids is 1. The Balaban J connectivity index is 2.61. The number of rotatable bonds is 3. The molecule has 0 saturated carbocycles.